The Kier molecular flexibility index (Phi) is 57.6. The number of aliphatic carboxylic acids is 3. The number of hydrogen-bond acceptors (Lipinski definition) is 18. The third kappa shape index (κ3) is 34.8. The van der Waals surface area contributed by atoms with Gasteiger partial charge in [0, 0.05) is 21.1 Å². The molecule has 0 bridgehead atoms. The second-order valence-electron chi connectivity index (χ2n) is 42.7. The zero-order valence-corrected chi connectivity index (χ0v) is 87.0. The number of nitrogens with two attached hydrogens (primary N) is 3. The van der Waals surface area contributed by atoms with Gasteiger partial charge < -0.3 is 97.8 Å². The molecule has 0 aromatic heterocycles. The predicted octanol–water partition coefficient (Wildman–Crippen LogP) is 19.9. The normalized spacial score (nSPS) is 33.3. The van der Waals surface area contributed by atoms with E-state index in [1.54, 1.807) is 16.7 Å². The maximum atomic E-state index is 10.5. The van der Waals surface area contributed by atoms with Crippen molar-refractivity contribution in [2.24, 2.45) is 139 Å². The van der Waals surface area contributed by atoms with E-state index in [4.69, 9.17) is 83.5 Å². The Hall–Kier alpha value is -2.52. The van der Waals surface area contributed by atoms with Crippen molar-refractivity contribution in [1.82, 2.24) is 6.15 Å². The van der Waals surface area contributed by atoms with Crippen LogP contribution in [0.5, 0.6) is 0 Å². The molecular formula is C99H178LiN6O21Pt2-. The molecule has 129 heavy (non-hydrogen) atoms. The van der Waals surface area contributed by atoms with Crippen molar-refractivity contribution < 1.29 is 154 Å². The van der Waals surface area contributed by atoms with Crippen molar-refractivity contribution in [1.29, 1.82) is 0 Å². The van der Waals surface area contributed by atoms with Crippen LogP contribution in [0, 0.1) is 159 Å². The van der Waals surface area contributed by atoms with Crippen LogP contribution in [0.2, 0.25) is 0 Å². The van der Waals surface area contributed by atoms with E-state index in [2.05, 4.69) is 122 Å². The van der Waals surface area contributed by atoms with Crippen LogP contribution in [0.15, 0.2) is 34.9 Å². The molecule has 9 fully saturated rings. The molecule has 752 valence electrons. The van der Waals surface area contributed by atoms with Crippen molar-refractivity contribution in [2.45, 2.75) is 334 Å². The van der Waals surface area contributed by atoms with E-state index in [1.807, 2.05) is 0 Å². The van der Waals surface area contributed by atoms with Crippen molar-refractivity contribution in [2.75, 3.05) is 99.1 Å². The maximum Gasteiger partial charge on any atom is 2.00 e. The van der Waals surface area contributed by atoms with E-state index in [0.717, 1.165) is 145 Å². The molecule has 0 spiro atoms. The van der Waals surface area contributed by atoms with E-state index in [-0.39, 0.29) is 112 Å². The first-order valence-electron chi connectivity index (χ1n) is 48.6. The van der Waals surface area contributed by atoms with Gasteiger partial charge in [0.2, 0.25) is 0 Å². The van der Waals surface area contributed by atoms with Gasteiger partial charge in [-0.2, -0.15) is 0 Å². The fourth-order valence-electron chi connectivity index (χ4n) is 28.3. The summed E-state index contributed by atoms with van der Waals surface area (Å²) in [5, 5.41) is 54.8. The van der Waals surface area contributed by atoms with Gasteiger partial charge in [-0.3, -0.25) is 0 Å². The van der Waals surface area contributed by atoms with Crippen molar-refractivity contribution in [3.63, 3.8) is 0 Å². The smallest absolute Gasteiger partial charge is 0.693 e. The Bertz CT molecular complexity index is 3000. The minimum atomic E-state index is -1.50. The number of rotatable bonds is 42. The average molecular weight is 2190 g/mol. The number of hydrogen-bond donors (Lipinski definition) is 5. The first-order chi connectivity index (χ1) is 57.9. The fraction of sp³-hybridized carbons (Fsp3) is 0.909. The Labute approximate surface area is 818 Å². The van der Waals surface area contributed by atoms with Crippen LogP contribution in [0.3, 0.4) is 0 Å². The molecule has 13 N–H and O–H groups in total. The number of fused-ring (bicyclic) bond motifs is 15. The minimum absolute atomic E-state index is 0. The SMILES string of the molecule is CC(C)CCC[C@@H](C)[C@H]1CC[C@H]2[C@@H]3CC=C4C[C@@H](OCCOCCOCC(=O)O)CC[C@]4(C)[C@H]3CC[C@]12C.CC(C)CCC[C@@H](C)[C@H]1CC[C@H]2[C@@H]3CC=C4C[C@@H](OCCOCCOCC(=O)O)CC[C@]4(C)[C@H]3CC[C@]12C.CC(C)CCC[C@@H](C)[C@H]1CC[C@H]2[C@@H]3CC=C4C[C@@H](OCCOCCOCC(=O)[O-])CC[C@]4(C)[C@H]3CC[C@]12C.N.O=[N+]([O-])O.O=[N+]([O-])O.[Li+].[NH2-].[NH2-].[NH2-].[Pt+2].[Pt]. The first kappa shape index (κ1) is 124. The Balaban J connectivity index is 0.000000903. The molecule has 30 heteroatoms. The molecule has 12 rings (SSSR count). The Morgan fingerprint density at radius 1 is 0.388 bits per heavy atom. The van der Waals surface area contributed by atoms with Crippen LogP contribution in [0.25, 0.3) is 18.5 Å². The van der Waals surface area contributed by atoms with Gasteiger partial charge in [-0.15, -0.1) is 20.2 Å². The largest absolute Gasteiger partial charge is 2.00 e. The van der Waals surface area contributed by atoms with Crippen molar-refractivity contribution in [3.05, 3.63) is 73.6 Å². The van der Waals surface area contributed by atoms with Gasteiger partial charge in [-0.05, 0) is 293 Å². The van der Waals surface area contributed by atoms with Gasteiger partial charge >= 0.3 is 51.9 Å². The third-order valence-electron chi connectivity index (χ3n) is 34.3. The molecule has 12 aliphatic rings. The zero-order valence-electron chi connectivity index (χ0n) is 82.5. The summed E-state index contributed by atoms with van der Waals surface area (Å²) in [6, 6.07) is 0. The summed E-state index contributed by atoms with van der Waals surface area (Å²) in [6.07, 6.45) is 53.1. The number of nitrogens with zero attached hydrogens (tertiary/aromatic N) is 2. The van der Waals surface area contributed by atoms with Gasteiger partial charge in [-0.25, -0.2) is 9.59 Å². The van der Waals surface area contributed by atoms with Gasteiger partial charge in [-0.1, -0.05) is 197 Å². The molecule has 0 aromatic carbocycles. The molecule has 0 radical (unpaired) electrons. The molecular weight excluding hydrogens is 2010 g/mol. The van der Waals surface area contributed by atoms with Crippen LogP contribution in [0.4, 0.5) is 0 Å². The average Bonchev–Trinajstić information content (AvgIpc) is 1.65. The number of carboxylic acid groups (broad SMARTS) is 3. The number of carbonyl (C=O) groups is 3. The summed E-state index contributed by atoms with van der Waals surface area (Å²) in [5.41, 5.74) is 7.78. The van der Waals surface area contributed by atoms with Gasteiger partial charge in [0.1, 0.15) is 13.2 Å². The molecule has 0 amide bonds. The summed E-state index contributed by atoms with van der Waals surface area (Å²) < 4.78 is 50.3. The quantitative estimate of drug-likeness (QED) is 0.0125. The van der Waals surface area contributed by atoms with Crippen LogP contribution >= 0.6 is 0 Å². The van der Waals surface area contributed by atoms with E-state index < -0.39 is 28.1 Å². The minimum Gasteiger partial charge on any atom is -0.693 e. The standard InChI is InChI=1S/3C33H56O5.Li.2HNO3.H3N.3H2N.2Pt/c3*1-23(2)7-6-8-24(3)28-11-12-29-27-10-9-25-21-26(38-20-19-36-17-18-37-22-31(34)35)13-15-32(25,4)30(27)14-16-33(28,29)5;;2*2-1(3)4;;;;;;/h3*9,23-24,26-30H,6-8,10-22H2,1-5H3,(H,34,35);;2*(H,2,3,4);1H3;3*1H2;;/q;;;+1;;;;3*-1;;+2/p-1/t3*24-,26+,27+,28-,29+,30+,32+,33-;;;;;;;;;/m111........./s1. The Morgan fingerprint density at radius 2 is 0.628 bits per heavy atom. The molecule has 0 aromatic rings. The van der Waals surface area contributed by atoms with Gasteiger partial charge in [0.15, 0.2) is 0 Å². The molecule has 12 aliphatic carbocycles. The summed E-state index contributed by atoms with van der Waals surface area (Å²) in [7, 11) is 0. The Morgan fingerprint density at radius 3 is 0.868 bits per heavy atom. The molecule has 0 aliphatic heterocycles. The molecule has 0 saturated heterocycles. The van der Waals surface area contributed by atoms with Gasteiger partial charge in [0.05, 0.1) is 110 Å². The number of ether oxygens (including phenoxy) is 9. The number of carbonyl (C=O) groups excluding carboxylic acids is 1. The zero-order chi connectivity index (χ0) is 89.2. The van der Waals surface area contributed by atoms with Crippen LogP contribution in [-0.2, 0) is 99.1 Å². The first-order valence-corrected chi connectivity index (χ1v) is 48.6. The molecule has 24 atom stereocenters. The van der Waals surface area contributed by atoms with E-state index in [9.17, 15) is 19.5 Å². The second-order valence-corrected chi connectivity index (χ2v) is 42.7. The van der Waals surface area contributed by atoms with E-state index in [1.165, 1.54) is 173 Å². The van der Waals surface area contributed by atoms with Crippen LogP contribution in [-0.4, -0.2) is 166 Å². The molecule has 0 heterocycles. The second kappa shape index (κ2) is 59.7. The topological polar surface area (TPSA) is 460 Å². The summed E-state index contributed by atoms with van der Waals surface area (Å²) >= 11 is 0. The maximum absolute atomic E-state index is 10.5. The third-order valence-corrected chi connectivity index (χ3v) is 34.3. The predicted molar refractivity (Wildman–Crippen MR) is 492 cm³/mol. The van der Waals surface area contributed by atoms with E-state index >= 15 is 0 Å². The monoisotopic (exact) mass is 2180 g/mol. The molecule has 9 saturated carbocycles. The fourth-order valence-corrected chi connectivity index (χ4v) is 28.3. The summed E-state index contributed by atoms with van der Waals surface area (Å²) in [4.78, 5) is 48.0. The van der Waals surface area contributed by atoms with Crippen LogP contribution < -0.4 is 30.1 Å². The molecule has 27 nitrogen and oxygen atoms in total. The van der Waals surface area contributed by atoms with E-state index in [0.29, 0.717) is 123 Å². The van der Waals surface area contributed by atoms with Gasteiger partial charge in [0.25, 0.3) is 10.2 Å². The number of carboxylic acids is 3. The molecule has 0 unspecified atom stereocenters. The summed E-state index contributed by atoms with van der Waals surface area (Å²) in [6.45, 7) is 42.3. The van der Waals surface area contributed by atoms with Crippen LogP contribution in [0.1, 0.15) is 316 Å². The number of allylic oxidation sites excluding steroid dienone is 3. The van der Waals surface area contributed by atoms with Crippen molar-refractivity contribution >= 4 is 17.9 Å². The summed E-state index contributed by atoms with van der Waals surface area (Å²) in [5.74, 6) is 12.7. The van der Waals surface area contributed by atoms with Crippen molar-refractivity contribution in [3.8, 4) is 0 Å².